The fraction of sp³-hybridized carbons (Fsp3) is 0.800. The van der Waals surface area contributed by atoms with Crippen molar-refractivity contribution in [1.29, 1.82) is 0 Å². The molecule has 1 aromatic rings. The lowest BCUT2D eigenvalue weighted by molar-refractivity contribution is -0.201. The van der Waals surface area contributed by atoms with Gasteiger partial charge in [0.25, 0.3) is 0 Å². The molecule has 336 valence electrons. The van der Waals surface area contributed by atoms with Gasteiger partial charge in [0.1, 0.15) is 18.0 Å². The van der Waals surface area contributed by atoms with E-state index in [0.717, 1.165) is 23.1 Å². The van der Waals surface area contributed by atoms with E-state index in [2.05, 4.69) is 118 Å². The average Bonchev–Trinajstić information content (AvgIpc) is 3.13. The zero-order valence-corrected chi connectivity index (χ0v) is 40.8. The van der Waals surface area contributed by atoms with E-state index in [1.807, 2.05) is 21.9 Å². The van der Waals surface area contributed by atoms with Crippen LogP contribution in [-0.2, 0) is 45.9 Å². The predicted molar refractivity (Wildman–Crippen MR) is 238 cm³/mol. The van der Waals surface area contributed by atoms with Gasteiger partial charge in [0.05, 0.1) is 0 Å². The molecule has 0 aromatic heterocycles. The van der Waals surface area contributed by atoms with Crippen LogP contribution in [0.4, 0.5) is 0 Å². The van der Waals surface area contributed by atoms with Crippen LogP contribution in [0.3, 0.4) is 0 Å². The van der Waals surface area contributed by atoms with Crippen LogP contribution in [-0.4, -0.2) is 73.0 Å². The molecule has 0 bridgehead atoms. The standard InChI is InChI=1S/C50H84N2O7/c1-20-25-26-50(29-36-27-37(44(10,11)12)41(55)38(28-36)45(13,14)15,42(56)58-39-30-46(16,21-2)51(34(8)53)48(18,23-4)32(39)6)43(57)59-40-31-47(17,22-3)52(35(9)54)49(19,24-5)33(40)7/h27-28,32-33,39-40,55H,20-26,29-31H2,1-19H3. The number of phenols is 1. The van der Waals surface area contributed by atoms with Gasteiger partial charge in [-0.25, -0.2) is 0 Å². The van der Waals surface area contributed by atoms with Gasteiger partial charge in [-0.3, -0.25) is 19.2 Å². The van der Waals surface area contributed by atoms with Crippen molar-refractivity contribution in [2.75, 3.05) is 0 Å². The highest BCUT2D eigenvalue weighted by Gasteiger charge is 2.59. The van der Waals surface area contributed by atoms with Crippen LogP contribution in [0.1, 0.15) is 206 Å². The summed E-state index contributed by atoms with van der Waals surface area (Å²) in [4.78, 5) is 61.9. The number of nitrogens with zero attached hydrogens (tertiary/aromatic N) is 2. The Kier molecular flexibility index (Phi) is 15.1. The lowest BCUT2D eigenvalue weighted by Gasteiger charge is -2.60. The second-order valence-corrected chi connectivity index (χ2v) is 21.6. The van der Waals surface area contributed by atoms with E-state index in [-0.39, 0.29) is 42.2 Å². The molecule has 1 N–H and O–H groups in total. The minimum Gasteiger partial charge on any atom is -0.507 e. The maximum absolute atomic E-state index is 15.6. The number of hydrogen-bond donors (Lipinski definition) is 1. The number of carbonyl (C=O) groups excluding carboxylic acids is 4. The fourth-order valence-electron chi connectivity index (χ4n) is 11.0. The fourth-order valence-corrected chi connectivity index (χ4v) is 11.0. The summed E-state index contributed by atoms with van der Waals surface area (Å²) in [5, 5.41) is 11.7. The molecular weight excluding hydrogens is 741 g/mol. The van der Waals surface area contributed by atoms with E-state index < -0.39 is 62.5 Å². The van der Waals surface area contributed by atoms with Crippen molar-refractivity contribution in [3.8, 4) is 5.75 Å². The van der Waals surface area contributed by atoms with Gasteiger partial charge >= 0.3 is 11.9 Å². The first-order valence-electron chi connectivity index (χ1n) is 22.8. The molecule has 0 radical (unpaired) electrons. The van der Waals surface area contributed by atoms with E-state index in [4.69, 9.17) is 9.47 Å². The zero-order valence-electron chi connectivity index (χ0n) is 40.8. The molecule has 2 aliphatic heterocycles. The number of carbonyl (C=O) groups is 4. The van der Waals surface area contributed by atoms with Crippen LogP contribution < -0.4 is 0 Å². The zero-order chi connectivity index (χ0) is 45.5. The number of unbranched alkanes of at least 4 members (excludes halogenated alkanes) is 1. The summed E-state index contributed by atoms with van der Waals surface area (Å²) in [6.07, 6.45) is 4.00. The molecule has 2 saturated heterocycles. The maximum atomic E-state index is 15.6. The molecule has 8 unspecified atom stereocenters. The van der Waals surface area contributed by atoms with Crippen LogP contribution in [0.15, 0.2) is 12.1 Å². The third-order valence-electron chi connectivity index (χ3n) is 15.6. The minimum absolute atomic E-state index is 0.00377. The van der Waals surface area contributed by atoms with E-state index in [9.17, 15) is 14.7 Å². The van der Waals surface area contributed by atoms with Crippen molar-refractivity contribution in [2.45, 2.75) is 241 Å². The van der Waals surface area contributed by atoms with E-state index in [0.29, 0.717) is 44.9 Å². The topological polar surface area (TPSA) is 113 Å². The van der Waals surface area contributed by atoms with Gasteiger partial charge in [-0.15, -0.1) is 0 Å². The molecule has 59 heavy (non-hydrogen) atoms. The molecule has 9 nitrogen and oxygen atoms in total. The number of phenolic OH excluding ortho intramolecular Hbond substituents is 1. The molecule has 3 rings (SSSR count). The quantitative estimate of drug-likeness (QED) is 0.156. The van der Waals surface area contributed by atoms with Gasteiger partial charge in [-0.2, -0.15) is 0 Å². The maximum Gasteiger partial charge on any atom is 0.324 e. The molecule has 0 aliphatic carbocycles. The summed E-state index contributed by atoms with van der Waals surface area (Å²) in [5.41, 5.74) is -2.67. The molecule has 2 heterocycles. The highest BCUT2D eigenvalue weighted by atomic mass is 16.6. The first-order chi connectivity index (χ1) is 26.9. The number of aromatic hydroxyl groups is 1. The third-order valence-corrected chi connectivity index (χ3v) is 15.6. The van der Waals surface area contributed by atoms with Crippen molar-refractivity contribution >= 4 is 23.8 Å². The van der Waals surface area contributed by atoms with Crippen molar-refractivity contribution in [3.05, 3.63) is 28.8 Å². The smallest absolute Gasteiger partial charge is 0.324 e. The number of likely N-dealkylation sites (tertiary alicyclic amines) is 2. The van der Waals surface area contributed by atoms with E-state index in [1.165, 1.54) is 0 Å². The van der Waals surface area contributed by atoms with Gasteiger partial charge in [0.15, 0.2) is 5.41 Å². The molecule has 2 aliphatic rings. The number of piperidine rings is 2. The van der Waals surface area contributed by atoms with Crippen molar-refractivity contribution in [2.24, 2.45) is 17.3 Å². The summed E-state index contributed by atoms with van der Waals surface area (Å²) < 4.78 is 13.6. The average molecular weight is 825 g/mol. The summed E-state index contributed by atoms with van der Waals surface area (Å²) >= 11 is 0. The molecule has 2 amide bonds. The monoisotopic (exact) mass is 825 g/mol. The minimum atomic E-state index is -1.72. The third kappa shape index (κ3) is 9.25. The van der Waals surface area contributed by atoms with Crippen molar-refractivity contribution in [1.82, 2.24) is 9.80 Å². The summed E-state index contributed by atoms with van der Waals surface area (Å²) in [6, 6.07) is 3.91. The Bertz CT molecular complexity index is 1600. The molecule has 9 heteroatoms. The number of hydrogen-bond acceptors (Lipinski definition) is 7. The Hall–Kier alpha value is -3.10. The number of esters is 2. The predicted octanol–water partition coefficient (Wildman–Crippen LogP) is 11.0. The van der Waals surface area contributed by atoms with Gasteiger partial charge in [-0.1, -0.05) is 115 Å². The van der Waals surface area contributed by atoms with Crippen molar-refractivity contribution < 1.29 is 33.8 Å². The van der Waals surface area contributed by atoms with Crippen LogP contribution in [0.5, 0.6) is 5.75 Å². The Morgan fingerprint density at radius 2 is 1.03 bits per heavy atom. The van der Waals surface area contributed by atoms with Gasteiger partial charge in [-0.05, 0) is 93.7 Å². The Labute approximate surface area is 359 Å². The summed E-state index contributed by atoms with van der Waals surface area (Å²) in [7, 11) is 0. The molecule has 0 spiro atoms. The SMILES string of the molecule is CCCCC(Cc1cc(C(C)(C)C)c(O)c(C(C)(C)C)c1)(C(=O)OC1CC(C)(CC)N(C(C)=O)C(C)(CC)C1C)C(=O)OC1CC(C)(CC)N(C(C)=O)C(C)(CC)C1C. The first kappa shape index (κ1) is 50.3. The second kappa shape index (κ2) is 17.7. The lowest BCUT2D eigenvalue weighted by Crippen LogP contribution is -2.70. The molecule has 0 saturated carbocycles. The Balaban J connectivity index is 2.35. The molecular formula is C50H84N2O7. The van der Waals surface area contributed by atoms with Crippen LogP contribution in [0, 0.1) is 17.3 Å². The molecule has 2 fully saturated rings. The number of rotatable bonds is 13. The number of benzene rings is 1. The number of amides is 2. The lowest BCUT2D eigenvalue weighted by atomic mass is 9.67. The van der Waals surface area contributed by atoms with Crippen molar-refractivity contribution in [3.63, 3.8) is 0 Å². The van der Waals surface area contributed by atoms with Gasteiger partial charge < -0.3 is 24.4 Å². The van der Waals surface area contributed by atoms with Crippen LogP contribution >= 0.6 is 0 Å². The second-order valence-electron chi connectivity index (χ2n) is 21.6. The summed E-state index contributed by atoms with van der Waals surface area (Å²) in [5.74, 6) is -1.43. The van der Waals surface area contributed by atoms with E-state index in [1.54, 1.807) is 13.8 Å². The Morgan fingerprint density at radius 1 is 0.678 bits per heavy atom. The van der Waals surface area contributed by atoms with Gasteiger partial charge in [0.2, 0.25) is 11.8 Å². The molecule has 1 aromatic carbocycles. The number of ether oxygens (including phenoxy) is 2. The molecule has 8 atom stereocenters. The van der Waals surface area contributed by atoms with Gasteiger partial charge in [0, 0.05) is 60.7 Å². The van der Waals surface area contributed by atoms with E-state index >= 15 is 9.59 Å². The highest BCUT2D eigenvalue weighted by molar-refractivity contribution is 6.00. The Morgan fingerprint density at radius 3 is 1.31 bits per heavy atom. The van der Waals surface area contributed by atoms with Crippen LogP contribution in [0.25, 0.3) is 0 Å². The first-order valence-corrected chi connectivity index (χ1v) is 22.8. The highest BCUT2D eigenvalue weighted by Crippen LogP contribution is 2.50. The largest absolute Gasteiger partial charge is 0.507 e. The normalized spacial score (nSPS) is 31.4. The summed E-state index contributed by atoms with van der Waals surface area (Å²) in [6.45, 7) is 38.4. The van der Waals surface area contributed by atoms with Crippen LogP contribution in [0.2, 0.25) is 0 Å².